The fourth-order valence-corrected chi connectivity index (χ4v) is 0.956. The van der Waals surface area contributed by atoms with Crippen molar-refractivity contribution >= 4 is 0 Å². The molecule has 0 bridgehead atoms. The molecular formula is C16H24FeLi2N2+2. The maximum absolute atomic E-state index is 2.86. The number of likely N-dealkylation sites (N-methyl/N-ethyl adjacent to an activating group) is 2. The zero-order valence-corrected chi connectivity index (χ0v) is 15.4. The van der Waals surface area contributed by atoms with Crippen LogP contribution in [-0.4, -0.2) is 51.1 Å². The third-order valence-electron chi connectivity index (χ3n) is 1.99. The number of hydrogen-bond acceptors (Lipinski definition) is 2. The minimum absolute atomic E-state index is 0. The van der Waals surface area contributed by atoms with Gasteiger partial charge in [-0.15, -0.1) is 0 Å². The Balaban J connectivity index is -0.0000000989. The molecule has 2 aliphatic carbocycles. The van der Waals surface area contributed by atoms with Crippen molar-refractivity contribution in [1.29, 1.82) is 0 Å². The first-order chi connectivity index (χ1) is 8.63. The number of nitrogens with zero attached hydrogens (tertiary/aromatic N) is 2. The molecule has 2 fully saturated rings. The van der Waals surface area contributed by atoms with Crippen molar-refractivity contribution in [3.05, 3.63) is 64.2 Å². The summed E-state index contributed by atoms with van der Waals surface area (Å²) >= 11 is 0. The molecule has 0 aromatic rings. The molecule has 0 amide bonds. The van der Waals surface area contributed by atoms with Crippen molar-refractivity contribution in [3.63, 3.8) is 0 Å². The SMILES string of the molecule is CN(C)CCN(C)C.[C-]1[CH][CH][CH][CH]1.[C-]1[CH][CH][CH][CH]1.[Fe+2].[Li+].[Li+]. The molecule has 0 saturated heterocycles. The molecule has 2 aliphatic rings. The van der Waals surface area contributed by atoms with E-state index < -0.39 is 0 Å². The van der Waals surface area contributed by atoms with Gasteiger partial charge in [0.25, 0.3) is 0 Å². The summed E-state index contributed by atoms with van der Waals surface area (Å²) in [6, 6.07) is 0. The molecule has 10 radical (unpaired) electrons. The molecule has 0 aromatic heterocycles. The summed E-state index contributed by atoms with van der Waals surface area (Å²) in [6.07, 6.45) is 21.0. The summed E-state index contributed by atoms with van der Waals surface area (Å²) in [5.74, 6) is 0. The second-order valence-electron chi connectivity index (χ2n) is 4.38. The van der Waals surface area contributed by atoms with Crippen molar-refractivity contribution in [3.8, 4) is 0 Å². The van der Waals surface area contributed by atoms with Crippen LogP contribution in [0, 0.1) is 64.2 Å². The van der Waals surface area contributed by atoms with Crippen LogP contribution in [0.3, 0.4) is 0 Å². The summed E-state index contributed by atoms with van der Waals surface area (Å²) in [4.78, 5) is 4.36. The average Bonchev–Trinajstić information content (AvgIpc) is 3.03. The van der Waals surface area contributed by atoms with Crippen LogP contribution in [-0.2, 0) is 17.1 Å². The maximum Gasteiger partial charge on any atom is 2.00 e. The monoisotopic (exact) mass is 314 g/mol. The van der Waals surface area contributed by atoms with Crippen molar-refractivity contribution < 1.29 is 54.8 Å². The van der Waals surface area contributed by atoms with Gasteiger partial charge in [0.2, 0.25) is 0 Å². The Morgan fingerprint density at radius 3 is 0.952 bits per heavy atom. The minimum Gasteiger partial charge on any atom is -0.474 e. The average molecular weight is 314 g/mol. The van der Waals surface area contributed by atoms with Crippen molar-refractivity contribution in [2.24, 2.45) is 0 Å². The Kier molecular flexibility index (Phi) is 34.7. The first-order valence-corrected chi connectivity index (χ1v) is 6.08. The van der Waals surface area contributed by atoms with E-state index in [1.54, 1.807) is 0 Å². The van der Waals surface area contributed by atoms with Gasteiger partial charge in [-0.1, -0.05) is 25.7 Å². The minimum atomic E-state index is 0. The van der Waals surface area contributed by atoms with E-state index in [1.807, 2.05) is 51.4 Å². The maximum atomic E-state index is 2.86. The summed E-state index contributed by atoms with van der Waals surface area (Å²) in [7, 11) is 8.35. The van der Waals surface area contributed by atoms with Gasteiger partial charge in [0.05, 0.1) is 0 Å². The van der Waals surface area contributed by atoms with Crippen LogP contribution in [0.4, 0.5) is 0 Å². The van der Waals surface area contributed by atoms with Gasteiger partial charge in [0, 0.05) is 13.1 Å². The summed E-state index contributed by atoms with van der Waals surface area (Å²) in [6.45, 7) is 2.29. The Morgan fingerprint density at radius 2 is 0.857 bits per heavy atom. The van der Waals surface area contributed by atoms with Gasteiger partial charge < -0.3 is 22.6 Å². The Hall–Kier alpha value is 1.63. The number of rotatable bonds is 3. The molecule has 2 nitrogen and oxygen atoms in total. The zero-order chi connectivity index (χ0) is 13.6. The van der Waals surface area contributed by atoms with Gasteiger partial charge in [-0.2, -0.15) is 0 Å². The predicted octanol–water partition coefficient (Wildman–Crippen LogP) is -4.09. The standard InChI is InChI=1S/C6H16N2.2C5H4.Fe.2Li/c1-7(2)5-6-8(3)4;2*1-2-4-5-3-1;;;/h5-6H2,1-4H3;2*1-4H;;;/q;2*-1;+2;2*+1. The van der Waals surface area contributed by atoms with Crippen LogP contribution in [0.15, 0.2) is 0 Å². The first kappa shape index (κ1) is 30.5. The predicted molar refractivity (Wildman–Crippen MR) is 78.0 cm³/mol. The Bertz CT molecular complexity index is 129. The van der Waals surface area contributed by atoms with Crippen LogP contribution in [0.1, 0.15) is 0 Å². The molecule has 5 heteroatoms. The fourth-order valence-electron chi connectivity index (χ4n) is 0.956. The molecule has 0 spiro atoms. The normalized spacial score (nSPS) is 15.7. The van der Waals surface area contributed by atoms with Crippen LogP contribution >= 0.6 is 0 Å². The van der Waals surface area contributed by atoms with E-state index in [4.69, 9.17) is 0 Å². The largest absolute Gasteiger partial charge is 2.00 e. The van der Waals surface area contributed by atoms with Gasteiger partial charge in [-0.3, -0.25) is 0 Å². The van der Waals surface area contributed by atoms with Crippen LogP contribution in [0.5, 0.6) is 0 Å². The molecule has 0 aromatic carbocycles. The van der Waals surface area contributed by atoms with Gasteiger partial charge in [0.15, 0.2) is 0 Å². The molecular weight excluding hydrogens is 290 g/mol. The molecule has 0 atom stereocenters. The summed E-state index contributed by atoms with van der Waals surface area (Å²) in [5.41, 5.74) is 0. The topological polar surface area (TPSA) is 6.48 Å². The van der Waals surface area contributed by atoms with E-state index in [0.29, 0.717) is 0 Å². The third kappa shape index (κ3) is 30.1. The summed E-state index contributed by atoms with van der Waals surface area (Å²) < 4.78 is 0. The van der Waals surface area contributed by atoms with Crippen molar-refractivity contribution in [2.45, 2.75) is 0 Å². The van der Waals surface area contributed by atoms with E-state index in [1.165, 1.54) is 0 Å². The zero-order valence-electron chi connectivity index (χ0n) is 14.3. The van der Waals surface area contributed by atoms with Gasteiger partial charge in [-0.25, -0.2) is 25.7 Å². The van der Waals surface area contributed by atoms with E-state index in [0.717, 1.165) is 13.1 Å². The van der Waals surface area contributed by atoms with Crippen molar-refractivity contribution in [2.75, 3.05) is 41.3 Å². The molecule has 2 saturated carbocycles. The first-order valence-electron chi connectivity index (χ1n) is 6.08. The fraction of sp³-hybridized carbons (Fsp3) is 0.375. The van der Waals surface area contributed by atoms with Gasteiger partial charge in [-0.05, 0) is 28.2 Å². The second kappa shape index (κ2) is 23.9. The van der Waals surface area contributed by atoms with Crippen LogP contribution in [0.25, 0.3) is 0 Å². The van der Waals surface area contributed by atoms with E-state index in [9.17, 15) is 0 Å². The Labute approximate surface area is 169 Å². The van der Waals surface area contributed by atoms with Crippen LogP contribution < -0.4 is 37.7 Å². The van der Waals surface area contributed by atoms with Crippen molar-refractivity contribution in [1.82, 2.24) is 9.80 Å². The molecule has 0 N–H and O–H groups in total. The quantitative estimate of drug-likeness (QED) is 0.386. The smallest absolute Gasteiger partial charge is 0.474 e. The molecule has 2 rings (SSSR count). The van der Waals surface area contributed by atoms with Gasteiger partial charge in [0.1, 0.15) is 0 Å². The Morgan fingerprint density at radius 1 is 0.619 bits per heavy atom. The number of hydrogen-bond donors (Lipinski definition) is 0. The molecule has 0 heterocycles. The van der Waals surface area contributed by atoms with E-state index in [-0.39, 0.29) is 54.8 Å². The molecule has 0 aliphatic heterocycles. The van der Waals surface area contributed by atoms with E-state index in [2.05, 4.69) is 50.8 Å². The second-order valence-corrected chi connectivity index (χ2v) is 4.38. The van der Waals surface area contributed by atoms with E-state index >= 15 is 0 Å². The molecule has 106 valence electrons. The third-order valence-corrected chi connectivity index (χ3v) is 1.99. The van der Waals surface area contributed by atoms with Crippen LogP contribution in [0.2, 0.25) is 0 Å². The summed E-state index contributed by atoms with van der Waals surface area (Å²) in [5, 5.41) is 0. The molecule has 21 heavy (non-hydrogen) atoms. The molecule has 0 unspecified atom stereocenters. The van der Waals surface area contributed by atoms with Gasteiger partial charge >= 0.3 is 54.8 Å².